The number of aromatic nitrogens is 1. The smallest absolute Gasteiger partial charge is 0.172 e. The Morgan fingerprint density at radius 2 is 1.68 bits per heavy atom. The third-order valence-electron chi connectivity index (χ3n) is 3.73. The van der Waals surface area contributed by atoms with Crippen molar-refractivity contribution < 1.29 is 0 Å². The van der Waals surface area contributed by atoms with Crippen molar-refractivity contribution >= 4 is 34.7 Å². The second-order valence-corrected chi connectivity index (χ2v) is 6.45. The minimum atomic E-state index is 0.544. The van der Waals surface area contributed by atoms with E-state index >= 15 is 0 Å². The van der Waals surface area contributed by atoms with E-state index in [4.69, 9.17) is 23.8 Å². The summed E-state index contributed by atoms with van der Waals surface area (Å²) in [6, 6.07) is 22.0. The molecule has 0 aliphatic rings. The largest absolute Gasteiger partial charge is 0.358 e. The molecule has 3 aromatic rings. The van der Waals surface area contributed by atoms with Crippen LogP contribution in [0, 0.1) is 0 Å². The number of rotatable bonds is 5. The lowest BCUT2D eigenvalue weighted by Crippen LogP contribution is -2.28. The predicted octanol–water partition coefficient (Wildman–Crippen LogP) is 4.81. The van der Waals surface area contributed by atoms with Gasteiger partial charge in [-0.1, -0.05) is 60.1 Å². The summed E-state index contributed by atoms with van der Waals surface area (Å²) in [6.07, 6.45) is 2.56. The summed E-state index contributed by atoms with van der Waals surface area (Å²) >= 11 is 11.3. The third kappa shape index (κ3) is 5.28. The Morgan fingerprint density at radius 1 is 0.920 bits per heavy atom. The quantitative estimate of drug-likeness (QED) is 0.634. The molecule has 0 fully saturated rings. The number of pyridine rings is 1. The number of benzene rings is 2. The van der Waals surface area contributed by atoms with Gasteiger partial charge >= 0.3 is 0 Å². The molecule has 0 saturated heterocycles. The zero-order valence-electron chi connectivity index (χ0n) is 13.6. The molecule has 0 unspecified atom stereocenters. The zero-order valence-corrected chi connectivity index (χ0v) is 15.1. The molecule has 3 nitrogen and oxygen atoms in total. The van der Waals surface area contributed by atoms with E-state index in [1.807, 2.05) is 48.5 Å². The number of anilines is 1. The number of hydrogen-bond donors (Lipinski definition) is 2. The Labute approximate surface area is 158 Å². The van der Waals surface area contributed by atoms with Crippen molar-refractivity contribution in [3.8, 4) is 0 Å². The average molecular weight is 368 g/mol. The van der Waals surface area contributed by atoms with E-state index in [1.165, 1.54) is 5.56 Å². The molecule has 2 N–H and O–H groups in total. The van der Waals surface area contributed by atoms with Crippen molar-refractivity contribution in [2.24, 2.45) is 0 Å². The van der Waals surface area contributed by atoms with E-state index in [-0.39, 0.29) is 0 Å². The van der Waals surface area contributed by atoms with Gasteiger partial charge in [-0.25, -0.2) is 4.98 Å². The Kier molecular flexibility index (Phi) is 5.99. The second kappa shape index (κ2) is 8.60. The minimum Gasteiger partial charge on any atom is -0.358 e. The van der Waals surface area contributed by atoms with E-state index in [1.54, 1.807) is 6.20 Å². The molecule has 0 aliphatic carbocycles. The standard InChI is InChI=1S/C20H18ClN3S/c21-18-10-8-16(9-11-18)14-23-20(25)24-19-17(7-4-12-22-19)13-15-5-2-1-3-6-15/h1-12H,13-14H2,(H2,22,23,24,25). The molecule has 5 heteroatoms. The number of nitrogens with one attached hydrogen (secondary N) is 2. The van der Waals surface area contributed by atoms with Crippen molar-refractivity contribution in [2.45, 2.75) is 13.0 Å². The van der Waals surface area contributed by atoms with Gasteiger partial charge < -0.3 is 10.6 Å². The summed E-state index contributed by atoms with van der Waals surface area (Å²) < 4.78 is 0. The van der Waals surface area contributed by atoms with Gasteiger partial charge in [-0.05, 0) is 47.1 Å². The highest BCUT2D eigenvalue weighted by molar-refractivity contribution is 7.80. The van der Waals surface area contributed by atoms with Gasteiger partial charge in [-0.3, -0.25) is 0 Å². The Balaban J connectivity index is 1.62. The summed E-state index contributed by atoms with van der Waals surface area (Å²) in [7, 11) is 0. The summed E-state index contributed by atoms with van der Waals surface area (Å²) in [5.74, 6) is 0.778. The highest BCUT2D eigenvalue weighted by atomic mass is 35.5. The Bertz CT molecular complexity index is 835. The zero-order chi connectivity index (χ0) is 17.5. The molecule has 0 aliphatic heterocycles. The van der Waals surface area contributed by atoms with Crippen molar-refractivity contribution in [2.75, 3.05) is 5.32 Å². The molecule has 1 heterocycles. The molecule has 126 valence electrons. The van der Waals surface area contributed by atoms with Crippen molar-refractivity contribution in [3.63, 3.8) is 0 Å². The van der Waals surface area contributed by atoms with Crippen LogP contribution in [0.2, 0.25) is 5.02 Å². The summed E-state index contributed by atoms with van der Waals surface area (Å²) in [5, 5.41) is 7.66. The lowest BCUT2D eigenvalue weighted by atomic mass is 10.1. The van der Waals surface area contributed by atoms with E-state index < -0.39 is 0 Å². The van der Waals surface area contributed by atoms with E-state index in [9.17, 15) is 0 Å². The fourth-order valence-electron chi connectivity index (χ4n) is 2.45. The predicted molar refractivity (Wildman–Crippen MR) is 108 cm³/mol. The minimum absolute atomic E-state index is 0.544. The molecule has 0 amide bonds. The average Bonchev–Trinajstić information content (AvgIpc) is 2.64. The van der Waals surface area contributed by atoms with Crippen LogP contribution in [-0.2, 0) is 13.0 Å². The van der Waals surface area contributed by atoms with Gasteiger partial charge in [-0.2, -0.15) is 0 Å². The van der Waals surface area contributed by atoms with Gasteiger partial charge in [0.2, 0.25) is 0 Å². The number of thiocarbonyl (C=S) groups is 1. The van der Waals surface area contributed by atoms with Gasteiger partial charge in [0, 0.05) is 24.2 Å². The summed E-state index contributed by atoms with van der Waals surface area (Å²) in [5.41, 5.74) is 3.45. The molecule has 25 heavy (non-hydrogen) atoms. The Hall–Kier alpha value is -2.43. The van der Waals surface area contributed by atoms with Crippen LogP contribution in [0.25, 0.3) is 0 Å². The highest BCUT2D eigenvalue weighted by Crippen LogP contribution is 2.16. The molecule has 0 atom stereocenters. The molecular weight excluding hydrogens is 350 g/mol. The van der Waals surface area contributed by atoms with Crippen LogP contribution >= 0.6 is 23.8 Å². The van der Waals surface area contributed by atoms with Crippen LogP contribution < -0.4 is 10.6 Å². The fraction of sp³-hybridized carbons (Fsp3) is 0.100. The highest BCUT2D eigenvalue weighted by Gasteiger charge is 2.06. The van der Waals surface area contributed by atoms with Crippen LogP contribution in [0.4, 0.5) is 5.82 Å². The fourth-order valence-corrected chi connectivity index (χ4v) is 2.74. The monoisotopic (exact) mass is 367 g/mol. The molecule has 0 spiro atoms. The molecular formula is C20H18ClN3S. The number of halogens is 1. The van der Waals surface area contributed by atoms with Gasteiger partial charge in [0.05, 0.1) is 0 Å². The normalized spacial score (nSPS) is 10.3. The van der Waals surface area contributed by atoms with Crippen molar-refractivity contribution in [1.29, 1.82) is 0 Å². The maximum Gasteiger partial charge on any atom is 0.172 e. The Morgan fingerprint density at radius 3 is 2.44 bits per heavy atom. The first-order chi connectivity index (χ1) is 12.2. The van der Waals surface area contributed by atoms with E-state index in [0.717, 1.165) is 28.4 Å². The van der Waals surface area contributed by atoms with Gasteiger partial charge in [0.25, 0.3) is 0 Å². The lowest BCUT2D eigenvalue weighted by molar-refractivity contribution is 0.924. The molecule has 0 bridgehead atoms. The molecule has 1 aromatic heterocycles. The summed E-state index contributed by atoms with van der Waals surface area (Å²) in [6.45, 7) is 0.629. The van der Waals surface area contributed by atoms with E-state index in [2.05, 4.69) is 33.8 Å². The maximum absolute atomic E-state index is 5.90. The molecule has 0 saturated carbocycles. The topological polar surface area (TPSA) is 37.0 Å². The molecule has 0 radical (unpaired) electrons. The first kappa shape index (κ1) is 17.4. The maximum atomic E-state index is 5.90. The van der Waals surface area contributed by atoms with Crippen LogP contribution in [0.1, 0.15) is 16.7 Å². The van der Waals surface area contributed by atoms with Crippen LogP contribution in [-0.4, -0.2) is 10.1 Å². The summed E-state index contributed by atoms with van der Waals surface area (Å²) in [4.78, 5) is 4.43. The first-order valence-corrected chi connectivity index (χ1v) is 8.76. The number of nitrogens with zero attached hydrogens (tertiary/aromatic N) is 1. The molecule has 3 rings (SSSR count). The van der Waals surface area contributed by atoms with Gasteiger partial charge in [0.1, 0.15) is 5.82 Å². The third-order valence-corrected chi connectivity index (χ3v) is 4.23. The first-order valence-electron chi connectivity index (χ1n) is 7.98. The number of hydrogen-bond acceptors (Lipinski definition) is 2. The van der Waals surface area contributed by atoms with Crippen LogP contribution in [0.3, 0.4) is 0 Å². The lowest BCUT2D eigenvalue weighted by Gasteiger charge is -2.13. The second-order valence-electron chi connectivity index (χ2n) is 5.61. The van der Waals surface area contributed by atoms with Gasteiger partial charge in [0.15, 0.2) is 5.11 Å². The SMILES string of the molecule is S=C(NCc1ccc(Cl)cc1)Nc1ncccc1Cc1ccccc1. The van der Waals surface area contributed by atoms with E-state index in [0.29, 0.717) is 11.7 Å². The van der Waals surface area contributed by atoms with Crippen LogP contribution in [0.15, 0.2) is 72.9 Å². The van der Waals surface area contributed by atoms with Gasteiger partial charge in [-0.15, -0.1) is 0 Å². The molecule has 2 aromatic carbocycles. The van der Waals surface area contributed by atoms with Crippen molar-refractivity contribution in [1.82, 2.24) is 10.3 Å². The van der Waals surface area contributed by atoms with Crippen molar-refractivity contribution in [3.05, 3.63) is 94.6 Å². The van der Waals surface area contributed by atoms with Crippen LogP contribution in [0.5, 0.6) is 0 Å².